The molecule has 3 aromatic rings. The molecule has 1 aliphatic heterocycles. The number of sulfonamides is 1. The van der Waals surface area contributed by atoms with Gasteiger partial charge in [-0.1, -0.05) is 18.2 Å². The fraction of sp³-hybridized carbons (Fsp3) is 0.238. The Labute approximate surface area is 179 Å². The number of hydrogen-bond acceptors (Lipinski definition) is 6. The summed E-state index contributed by atoms with van der Waals surface area (Å²) >= 11 is 1.44. The van der Waals surface area contributed by atoms with Crippen LogP contribution in [0.1, 0.15) is 0 Å². The second-order valence-electron chi connectivity index (χ2n) is 6.70. The van der Waals surface area contributed by atoms with E-state index < -0.39 is 10.0 Å². The summed E-state index contributed by atoms with van der Waals surface area (Å²) in [5, 5.41) is 3.82. The fourth-order valence-electron chi connectivity index (χ4n) is 3.18. The molecule has 0 bridgehead atoms. The van der Waals surface area contributed by atoms with Crippen molar-refractivity contribution in [2.45, 2.75) is 9.79 Å². The largest absolute Gasteiger partial charge is 0.379 e. The molecule has 4 rings (SSSR count). The zero-order chi connectivity index (χ0) is 21.0. The Bertz CT molecular complexity index is 1140. The molecule has 1 fully saturated rings. The van der Waals surface area contributed by atoms with Gasteiger partial charge in [0, 0.05) is 35.3 Å². The first-order valence-electron chi connectivity index (χ1n) is 9.48. The Hall–Kier alpha value is -2.46. The van der Waals surface area contributed by atoms with Crippen molar-refractivity contribution in [2.75, 3.05) is 37.4 Å². The number of hydrogen-bond donors (Lipinski definition) is 1. The molecular weight excluding hydrogens is 422 g/mol. The monoisotopic (exact) mass is 443 g/mol. The maximum atomic E-state index is 12.7. The molecule has 1 amide bonds. The maximum absolute atomic E-state index is 12.7. The number of aromatic nitrogens is 1. The van der Waals surface area contributed by atoms with Crippen LogP contribution in [0, 0.1) is 0 Å². The highest BCUT2D eigenvalue weighted by Crippen LogP contribution is 2.26. The fourth-order valence-corrected chi connectivity index (χ4v) is 5.43. The van der Waals surface area contributed by atoms with Crippen LogP contribution in [0.2, 0.25) is 0 Å². The normalized spacial score (nSPS) is 15.2. The van der Waals surface area contributed by atoms with E-state index in [1.807, 2.05) is 30.3 Å². The van der Waals surface area contributed by atoms with E-state index in [1.54, 1.807) is 18.3 Å². The highest BCUT2D eigenvalue weighted by molar-refractivity contribution is 8.00. The number of para-hydroxylation sites is 1. The lowest BCUT2D eigenvalue weighted by Gasteiger charge is -2.26. The van der Waals surface area contributed by atoms with Crippen molar-refractivity contribution in [2.24, 2.45) is 0 Å². The average Bonchev–Trinajstić information content (AvgIpc) is 2.78. The number of nitrogens with one attached hydrogen (secondary N) is 1. The van der Waals surface area contributed by atoms with Crippen LogP contribution < -0.4 is 5.32 Å². The topological polar surface area (TPSA) is 88.6 Å². The highest BCUT2D eigenvalue weighted by atomic mass is 32.2. The number of nitrogens with zero attached hydrogens (tertiary/aromatic N) is 2. The molecule has 30 heavy (non-hydrogen) atoms. The van der Waals surface area contributed by atoms with Crippen LogP contribution in [-0.4, -0.2) is 55.7 Å². The van der Waals surface area contributed by atoms with Gasteiger partial charge in [-0.15, -0.1) is 11.8 Å². The van der Waals surface area contributed by atoms with E-state index in [2.05, 4.69) is 10.3 Å². The minimum atomic E-state index is -3.54. The van der Waals surface area contributed by atoms with Crippen molar-refractivity contribution in [1.82, 2.24) is 9.29 Å². The number of rotatable bonds is 6. The summed E-state index contributed by atoms with van der Waals surface area (Å²) in [6.07, 6.45) is 1.73. The standard InChI is InChI=1S/C21H21N3O4S2/c25-21(15-29-20-9-10-22-19-4-2-1-3-18(19)20)23-16-5-7-17(8-6-16)30(26,27)24-11-13-28-14-12-24/h1-10H,11-15H2,(H,23,25). The summed E-state index contributed by atoms with van der Waals surface area (Å²) in [6, 6.07) is 15.9. The molecule has 156 valence electrons. The first kappa shape index (κ1) is 20.8. The number of morpholine rings is 1. The molecule has 0 saturated carbocycles. The van der Waals surface area contributed by atoms with Gasteiger partial charge in [0.1, 0.15) is 0 Å². The van der Waals surface area contributed by atoms with E-state index in [0.29, 0.717) is 32.0 Å². The summed E-state index contributed by atoms with van der Waals surface area (Å²) in [5.41, 5.74) is 1.45. The van der Waals surface area contributed by atoms with Gasteiger partial charge < -0.3 is 10.1 Å². The predicted octanol–water partition coefficient (Wildman–Crippen LogP) is 2.99. The number of fused-ring (bicyclic) bond motifs is 1. The van der Waals surface area contributed by atoms with Crippen molar-refractivity contribution in [3.63, 3.8) is 0 Å². The predicted molar refractivity (Wildman–Crippen MR) is 117 cm³/mol. The molecule has 1 aromatic heterocycles. The lowest BCUT2D eigenvalue weighted by molar-refractivity contribution is -0.113. The van der Waals surface area contributed by atoms with Gasteiger partial charge >= 0.3 is 0 Å². The minimum absolute atomic E-state index is 0.162. The van der Waals surface area contributed by atoms with E-state index in [9.17, 15) is 13.2 Å². The maximum Gasteiger partial charge on any atom is 0.243 e. The van der Waals surface area contributed by atoms with Gasteiger partial charge in [-0.3, -0.25) is 9.78 Å². The summed E-state index contributed by atoms with van der Waals surface area (Å²) in [5.74, 6) is 0.0756. The molecule has 9 heteroatoms. The Kier molecular flexibility index (Phi) is 6.33. The molecule has 0 aliphatic carbocycles. The van der Waals surface area contributed by atoms with Crippen molar-refractivity contribution in [3.8, 4) is 0 Å². The molecule has 0 spiro atoms. The number of carbonyl (C=O) groups excluding carboxylic acids is 1. The third kappa shape index (κ3) is 4.65. The highest BCUT2D eigenvalue weighted by Gasteiger charge is 2.26. The van der Waals surface area contributed by atoms with Gasteiger partial charge in [-0.05, 0) is 36.4 Å². The zero-order valence-corrected chi connectivity index (χ0v) is 17.8. The summed E-state index contributed by atoms with van der Waals surface area (Å²) in [7, 11) is -3.54. The summed E-state index contributed by atoms with van der Waals surface area (Å²) in [4.78, 5) is 17.9. The molecule has 0 radical (unpaired) electrons. The van der Waals surface area contributed by atoms with Gasteiger partial charge in [0.2, 0.25) is 15.9 Å². The average molecular weight is 444 g/mol. The Morgan fingerprint density at radius 1 is 1.07 bits per heavy atom. The number of thioether (sulfide) groups is 1. The van der Waals surface area contributed by atoms with Crippen LogP contribution in [0.25, 0.3) is 10.9 Å². The number of benzene rings is 2. The SMILES string of the molecule is O=C(CSc1ccnc2ccccc12)Nc1ccc(S(=O)(=O)N2CCOCC2)cc1. The lowest BCUT2D eigenvalue weighted by atomic mass is 10.2. The number of amides is 1. The van der Waals surface area contributed by atoms with Crippen molar-refractivity contribution in [3.05, 3.63) is 60.8 Å². The summed E-state index contributed by atoms with van der Waals surface area (Å²) in [6.45, 7) is 1.50. The van der Waals surface area contributed by atoms with Crippen LogP contribution in [-0.2, 0) is 19.6 Å². The van der Waals surface area contributed by atoms with Crippen molar-refractivity contribution >= 4 is 44.3 Å². The van der Waals surface area contributed by atoms with E-state index in [-0.39, 0.29) is 16.6 Å². The van der Waals surface area contributed by atoms with Crippen LogP contribution >= 0.6 is 11.8 Å². The lowest BCUT2D eigenvalue weighted by Crippen LogP contribution is -2.40. The first-order valence-corrected chi connectivity index (χ1v) is 11.9. The molecule has 0 atom stereocenters. The van der Waals surface area contributed by atoms with E-state index in [0.717, 1.165) is 15.8 Å². The second kappa shape index (κ2) is 9.13. The molecule has 0 unspecified atom stereocenters. The quantitative estimate of drug-likeness (QED) is 0.589. The number of pyridine rings is 1. The molecule has 1 saturated heterocycles. The molecule has 2 heterocycles. The van der Waals surface area contributed by atoms with Gasteiger partial charge in [-0.2, -0.15) is 4.31 Å². The molecule has 2 aromatic carbocycles. The molecule has 1 N–H and O–H groups in total. The molecular formula is C21H21N3O4S2. The Morgan fingerprint density at radius 3 is 2.57 bits per heavy atom. The Morgan fingerprint density at radius 2 is 1.80 bits per heavy atom. The van der Waals surface area contributed by atoms with E-state index in [4.69, 9.17) is 4.74 Å². The number of carbonyl (C=O) groups is 1. The smallest absolute Gasteiger partial charge is 0.243 e. The Balaban J connectivity index is 1.38. The third-order valence-electron chi connectivity index (χ3n) is 4.71. The van der Waals surface area contributed by atoms with Crippen LogP contribution in [0.3, 0.4) is 0 Å². The van der Waals surface area contributed by atoms with Crippen molar-refractivity contribution < 1.29 is 17.9 Å². The van der Waals surface area contributed by atoms with E-state index >= 15 is 0 Å². The van der Waals surface area contributed by atoms with Crippen LogP contribution in [0.4, 0.5) is 5.69 Å². The molecule has 1 aliphatic rings. The van der Waals surface area contributed by atoms with Crippen molar-refractivity contribution in [1.29, 1.82) is 0 Å². The third-order valence-corrected chi connectivity index (χ3v) is 7.70. The second-order valence-corrected chi connectivity index (χ2v) is 9.66. The number of ether oxygens (including phenoxy) is 1. The zero-order valence-electron chi connectivity index (χ0n) is 16.2. The molecule has 7 nitrogen and oxygen atoms in total. The van der Waals surface area contributed by atoms with Crippen LogP contribution in [0.15, 0.2) is 70.6 Å². The first-order chi connectivity index (χ1) is 14.5. The minimum Gasteiger partial charge on any atom is -0.379 e. The van der Waals surface area contributed by atoms with Gasteiger partial charge in [0.15, 0.2) is 0 Å². The van der Waals surface area contributed by atoms with Gasteiger partial charge in [-0.25, -0.2) is 8.42 Å². The number of anilines is 1. The summed E-state index contributed by atoms with van der Waals surface area (Å²) < 4.78 is 32.0. The van der Waals surface area contributed by atoms with Gasteiger partial charge in [0.25, 0.3) is 0 Å². The van der Waals surface area contributed by atoms with Gasteiger partial charge in [0.05, 0.1) is 29.4 Å². The van der Waals surface area contributed by atoms with E-state index in [1.165, 1.54) is 28.2 Å². The van der Waals surface area contributed by atoms with Crippen LogP contribution in [0.5, 0.6) is 0 Å².